The second-order valence-corrected chi connectivity index (χ2v) is 5.78. The molecule has 26 heavy (non-hydrogen) atoms. The Labute approximate surface area is 158 Å². The molecule has 0 saturated heterocycles. The minimum absolute atomic E-state index is 0.170. The van der Waals surface area contributed by atoms with E-state index in [1.54, 1.807) is 9.80 Å². The molecule has 2 N–H and O–H groups in total. The largest absolute Gasteiger partial charge is 0.545 e. The number of rotatable bonds is 8. The van der Waals surface area contributed by atoms with Crippen molar-refractivity contribution in [3.05, 3.63) is 35.4 Å². The third-order valence-electron chi connectivity index (χ3n) is 4.33. The van der Waals surface area contributed by atoms with Crippen molar-refractivity contribution in [3.63, 3.8) is 0 Å². The van der Waals surface area contributed by atoms with E-state index < -0.39 is 11.9 Å². The molecule has 0 atom stereocenters. The first-order valence-corrected chi connectivity index (χ1v) is 9.50. The lowest BCUT2D eigenvalue weighted by Gasteiger charge is -2.10. The summed E-state index contributed by atoms with van der Waals surface area (Å²) in [5.41, 5.74) is -0.339. The number of carboxylic acids is 2. The molecular formula is C20H36N2O4. The highest BCUT2D eigenvalue weighted by Gasteiger charge is 1.96. The molecule has 1 rings (SSSR count). The van der Waals surface area contributed by atoms with Crippen LogP contribution in [0.25, 0.3) is 0 Å². The van der Waals surface area contributed by atoms with Crippen molar-refractivity contribution in [1.82, 2.24) is 0 Å². The maximum absolute atomic E-state index is 10.3. The van der Waals surface area contributed by atoms with Crippen LogP contribution in [0.1, 0.15) is 62.3 Å². The summed E-state index contributed by atoms with van der Waals surface area (Å²) in [5.74, 6) is -2.81. The highest BCUT2D eigenvalue weighted by atomic mass is 16.4. The monoisotopic (exact) mass is 368 g/mol. The highest BCUT2D eigenvalue weighted by molar-refractivity contribution is 5.91. The third kappa shape index (κ3) is 12.4. The second kappa shape index (κ2) is 16.5. The van der Waals surface area contributed by atoms with Crippen LogP contribution in [-0.4, -0.2) is 51.2 Å². The summed E-state index contributed by atoms with van der Waals surface area (Å²) in [6.45, 7) is 21.0. The number of quaternary nitrogens is 2. The lowest BCUT2D eigenvalue weighted by molar-refractivity contribution is -0.894. The fourth-order valence-electron chi connectivity index (χ4n) is 2.27. The minimum atomic E-state index is -1.40. The van der Waals surface area contributed by atoms with E-state index in [9.17, 15) is 19.8 Å². The molecule has 6 nitrogen and oxygen atoms in total. The summed E-state index contributed by atoms with van der Waals surface area (Å²) < 4.78 is 0. The van der Waals surface area contributed by atoms with Crippen LogP contribution in [0.15, 0.2) is 24.3 Å². The van der Waals surface area contributed by atoms with E-state index in [0.717, 1.165) is 6.07 Å². The Morgan fingerprint density at radius 2 is 0.962 bits per heavy atom. The predicted molar refractivity (Wildman–Crippen MR) is 100 cm³/mol. The summed E-state index contributed by atoms with van der Waals surface area (Å²) in [6.07, 6.45) is 0. The normalized spacial score (nSPS) is 9.85. The van der Waals surface area contributed by atoms with Crippen LogP contribution >= 0.6 is 0 Å². The number of hydrogen-bond acceptors (Lipinski definition) is 4. The van der Waals surface area contributed by atoms with E-state index in [2.05, 4.69) is 41.5 Å². The summed E-state index contributed by atoms with van der Waals surface area (Å²) in [7, 11) is 0. The molecule has 0 aromatic heterocycles. The Kier molecular flexibility index (Phi) is 16.7. The van der Waals surface area contributed by atoms with E-state index in [1.165, 1.54) is 57.5 Å². The molecule has 0 saturated carbocycles. The number of benzene rings is 1. The van der Waals surface area contributed by atoms with Crippen LogP contribution < -0.4 is 20.0 Å². The van der Waals surface area contributed by atoms with Crippen LogP contribution in [0, 0.1) is 0 Å². The average molecular weight is 369 g/mol. The quantitative estimate of drug-likeness (QED) is 0.571. The van der Waals surface area contributed by atoms with Gasteiger partial charge < -0.3 is 29.6 Å². The van der Waals surface area contributed by atoms with Crippen molar-refractivity contribution in [3.8, 4) is 0 Å². The van der Waals surface area contributed by atoms with Gasteiger partial charge in [-0.2, -0.15) is 0 Å². The molecular weight excluding hydrogens is 332 g/mol. The zero-order valence-corrected chi connectivity index (χ0v) is 17.2. The van der Waals surface area contributed by atoms with Gasteiger partial charge in [-0.05, 0) is 58.7 Å². The molecule has 0 heterocycles. The van der Waals surface area contributed by atoms with Gasteiger partial charge in [0, 0.05) is 0 Å². The summed E-state index contributed by atoms with van der Waals surface area (Å²) in [6, 6.07) is 4.81. The number of aromatic carboxylic acids is 2. The first kappa shape index (κ1) is 26.3. The number of nitrogens with one attached hydrogen (secondary N) is 2. The fourth-order valence-corrected chi connectivity index (χ4v) is 2.27. The summed E-state index contributed by atoms with van der Waals surface area (Å²) in [5, 5.41) is 20.5. The standard InChI is InChI=1S/C8H6O4.2C6H15N/c9-7(10)5-2-1-3-6(4-5)8(11)12;2*1-4-7(5-2)6-3/h1-4H,(H,9,10)(H,11,12);2*4-6H2,1-3H3. The zero-order valence-electron chi connectivity index (χ0n) is 17.2. The van der Waals surface area contributed by atoms with Crippen LogP contribution in [0.2, 0.25) is 0 Å². The fraction of sp³-hybridized carbons (Fsp3) is 0.600. The van der Waals surface area contributed by atoms with Gasteiger partial charge in [0.2, 0.25) is 0 Å². The smallest absolute Gasteiger partial charge is 0.0742 e. The molecule has 0 unspecified atom stereocenters. The second-order valence-electron chi connectivity index (χ2n) is 5.78. The number of carbonyl (C=O) groups is 2. The lowest BCUT2D eigenvalue weighted by atomic mass is 10.1. The molecule has 0 aliphatic rings. The van der Waals surface area contributed by atoms with Crippen LogP contribution in [0.3, 0.4) is 0 Å². The number of hydrogen-bond donors (Lipinski definition) is 2. The number of carboxylic acid groups (broad SMARTS) is 2. The van der Waals surface area contributed by atoms with Gasteiger partial charge in [0.25, 0.3) is 0 Å². The third-order valence-corrected chi connectivity index (χ3v) is 4.33. The van der Waals surface area contributed by atoms with Gasteiger partial charge in [0.15, 0.2) is 0 Å². The Hall–Kier alpha value is -1.92. The lowest BCUT2D eigenvalue weighted by Crippen LogP contribution is -3.11. The maximum atomic E-state index is 10.3. The zero-order chi connectivity index (χ0) is 20.5. The molecule has 0 fully saturated rings. The van der Waals surface area contributed by atoms with Gasteiger partial charge in [-0.25, -0.2) is 0 Å². The van der Waals surface area contributed by atoms with E-state index in [0.29, 0.717) is 0 Å². The summed E-state index contributed by atoms with van der Waals surface area (Å²) >= 11 is 0. The minimum Gasteiger partial charge on any atom is -0.545 e. The van der Waals surface area contributed by atoms with Crippen molar-refractivity contribution in [2.45, 2.75) is 41.5 Å². The molecule has 6 heteroatoms. The Morgan fingerprint density at radius 3 is 1.12 bits per heavy atom. The van der Waals surface area contributed by atoms with Gasteiger partial charge in [-0.15, -0.1) is 0 Å². The molecule has 0 radical (unpaired) electrons. The van der Waals surface area contributed by atoms with E-state index in [1.807, 2.05) is 0 Å². The Bertz CT molecular complexity index is 446. The topological polar surface area (TPSA) is 89.1 Å². The first-order valence-electron chi connectivity index (χ1n) is 9.50. The molecule has 0 amide bonds. The Balaban J connectivity index is 0. The van der Waals surface area contributed by atoms with Crippen molar-refractivity contribution in [1.29, 1.82) is 0 Å². The van der Waals surface area contributed by atoms with Crippen LogP contribution in [-0.2, 0) is 0 Å². The van der Waals surface area contributed by atoms with Crippen molar-refractivity contribution in [2.24, 2.45) is 0 Å². The maximum Gasteiger partial charge on any atom is 0.0742 e. The average Bonchev–Trinajstić information content (AvgIpc) is 2.65. The molecule has 0 aliphatic carbocycles. The van der Waals surface area contributed by atoms with Gasteiger partial charge in [-0.3, -0.25) is 0 Å². The molecule has 0 bridgehead atoms. The molecule has 0 aliphatic heterocycles. The first-order chi connectivity index (χ1) is 12.3. The molecule has 150 valence electrons. The SMILES string of the molecule is CC[NH+](CC)CC.CC[NH+](CC)CC.O=C([O-])c1cccc(C(=O)[O-])c1. The van der Waals surface area contributed by atoms with Gasteiger partial charge in [0.05, 0.1) is 51.2 Å². The highest BCUT2D eigenvalue weighted by Crippen LogP contribution is 2.02. The molecule has 0 spiro atoms. The molecule has 1 aromatic rings. The summed E-state index contributed by atoms with van der Waals surface area (Å²) in [4.78, 5) is 23.9. The van der Waals surface area contributed by atoms with E-state index in [4.69, 9.17) is 0 Å². The van der Waals surface area contributed by atoms with Crippen molar-refractivity contribution < 1.29 is 29.6 Å². The predicted octanol–water partition coefficient (Wildman–Crippen LogP) is -1.72. The van der Waals surface area contributed by atoms with Gasteiger partial charge >= 0.3 is 0 Å². The van der Waals surface area contributed by atoms with Crippen LogP contribution in [0.5, 0.6) is 0 Å². The van der Waals surface area contributed by atoms with Crippen molar-refractivity contribution >= 4 is 11.9 Å². The van der Waals surface area contributed by atoms with Crippen molar-refractivity contribution in [2.75, 3.05) is 39.3 Å². The van der Waals surface area contributed by atoms with E-state index >= 15 is 0 Å². The van der Waals surface area contributed by atoms with E-state index in [-0.39, 0.29) is 11.1 Å². The van der Waals surface area contributed by atoms with Crippen LogP contribution in [0.4, 0.5) is 0 Å². The van der Waals surface area contributed by atoms with Gasteiger partial charge in [-0.1, -0.05) is 18.2 Å². The van der Waals surface area contributed by atoms with Gasteiger partial charge in [0.1, 0.15) is 0 Å². The number of carbonyl (C=O) groups excluding carboxylic acids is 2. The Morgan fingerprint density at radius 1 is 0.692 bits per heavy atom. The molecule has 1 aromatic carbocycles.